The summed E-state index contributed by atoms with van der Waals surface area (Å²) in [4.78, 5) is 29.7. The van der Waals surface area contributed by atoms with Crippen LogP contribution in [0.1, 0.15) is 43.5 Å². The van der Waals surface area contributed by atoms with Gasteiger partial charge in [0.15, 0.2) is 0 Å². The maximum atomic E-state index is 12.9. The number of rotatable bonds is 5. The average Bonchev–Trinajstić information content (AvgIpc) is 2.96. The van der Waals surface area contributed by atoms with E-state index in [1.54, 1.807) is 25.4 Å². The van der Waals surface area contributed by atoms with Crippen molar-refractivity contribution in [3.8, 4) is 0 Å². The minimum absolute atomic E-state index is 0.0460. The maximum Gasteiger partial charge on any atom is 0.343 e. The summed E-state index contributed by atoms with van der Waals surface area (Å²) in [5, 5.41) is 3.94. The fraction of sp³-hybridized carbons (Fsp3) is 0.348. The number of anilines is 1. The van der Waals surface area contributed by atoms with E-state index in [1.807, 2.05) is 11.5 Å². The fourth-order valence-corrected chi connectivity index (χ4v) is 4.00. The van der Waals surface area contributed by atoms with Crippen LogP contribution in [0.4, 0.5) is 5.69 Å². The van der Waals surface area contributed by atoms with Crippen molar-refractivity contribution < 1.29 is 9.53 Å². The number of carbonyl (C=O) groups excluding carboxylic acids is 1. The summed E-state index contributed by atoms with van der Waals surface area (Å²) >= 11 is 0. The van der Waals surface area contributed by atoms with E-state index in [9.17, 15) is 9.59 Å². The van der Waals surface area contributed by atoms with Crippen LogP contribution in [0.2, 0.25) is 0 Å². The van der Waals surface area contributed by atoms with Crippen molar-refractivity contribution in [2.75, 3.05) is 11.9 Å². The Labute approximate surface area is 169 Å². The maximum absolute atomic E-state index is 12.9. The van der Waals surface area contributed by atoms with E-state index in [0.717, 1.165) is 24.9 Å². The third kappa shape index (κ3) is 3.75. The Balaban J connectivity index is 1.65. The van der Waals surface area contributed by atoms with E-state index in [2.05, 4.69) is 34.6 Å². The van der Waals surface area contributed by atoms with Gasteiger partial charge in [0.2, 0.25) is 5.43 Å². The highest BCUT2D eigenvalue weighted by Crippen LogP contribution is 2.32. The molecule has 0 aromatic carbocycles. The molecule has 0 aliphatic heterocycles. The summed E-state index contributed by atoms with van der Waals surface area (Å²) in [6.45, 7) is 4.50. The highest BCUT2D eigenvalue weighted by Gasteiger charge is 2.23. The number of aryl methyl sites for hydroxylation is 1. The van der Waals surface area contributed by atoms with Gasteiger partial charge in [0.1, 0.15) is 11.2 Å². The predicted octanol–water partition coefficient (Wildman–Crippen LogP) is 3.98. The number of carbonyl (C=O) groups is 1. The molecule has 6 nitrogen and oxygen atoms in total. The predicted molar refractivity (Wildman–Crippen MR) is 114 cm³/mol. The van der Waals surface area contributed by atoms with Crippen LogP contribution in [0.3, 0.4) is 0 Å². The molecule has 2 aromatic heterocycles. The Morgan fingerprint density at radius 3 is 2.62 bits per heavy atom. The number of hydrogen-bond donors (Lipinski definition) is 1. The number of aromatic nitrogens is 2. The highest BCUT2D eigenvalue weighted by atomic mass is 16.5. The first kappa shape index (κ1) is 19.2. The second-order valence-corrected chi connectivity index (χ2v) is 7.31. The molecular weight excluding hydrogens is 366 g/mol. The second kappa shape index (κ2) is 8.07. The van der Waals surface area contributed by atoms with E-state index in [4.69, 9.17) is 4.74 Å². The van der Waals surface area contributed by atoms with Gasteiger partial charge in [-0.05, 0) is 50.3 Å². The summed E-state index contributed by atoms with van der Waals surface area (Å²) in [5.74, 6) is -0.595. The monoisotopic (exact) mass is 391 g/mol. The molecule has 1 N–H and O–H groups in total. The van der Waals surface area contributed by atoms with Crippen molar-refractivity contribution in [2.45, 2.75) is 45.7 Å². The van der Waals surface area contributed by atoms with Crippen molar-refractivity contribution in [3.63, 3.8) is 0 Å². The van der Waals surface area contributed by atoms with Gasteiger partial charge in [-0.2, -0.15) is 0 Å². The minimum atomic E-state index is -0.595. The van der Waals surface area contributed by atoms with Crippen LogP contribution < -0.4 is 10.7 Å². The standard InChI is InChI=1S/C23H25N3O3/c1-3-26-14-20(23(28)29-4-2)21(27)19-12-18(13-24-22(19)26)25-17-10-15-8-6-5-7-9-16(15)11-17/h6-9,12-14,17,25H,3-5,10-11H2,1-2H3. The quantitative estimate of drug-likeness (QED) is 0.781. The molecule has 0 spiro atoms. The highest BCUT2D eigenvalue weighted by molar-refractivity contribution is 5.93. The Bertz CT molecular complexity index is 1080. The summed E-state index contributed by atoms with van der Waals surface area (Å²) in [6, 6.07) is 2.06. The van der Waals surface area contributed by atoms with Crippen molar-refractivity contribution in [1.29, 1.82) is 0 Å². The molecule has 0 amide bonds. The normalized spacial score (nSPS) is 16.2. The van der Waals surface area contributed by atoms with E-state index < -0.39 is 5.97 Å². The first-order chi connectivity index (χ1) is 14.1. The Kier molecular flexibility index (Phi) is 5.34. The molecule has 2 aromatic rings. The SMILES string of the molecule is CCOC(=O)c1cn(CC)c2ncc(NC3CC4=C(C=CCC=C4)C3)cc2c1=O. The van der Waals surface area contributed by atoms with Crippen molar-refractivity contribution >= 4 is 22.7 Å². The van der Waals surface area contributed by atoms with E-state index >= 15 is 0 Å². The van der Waals surface area contributed by atoms with Crippen LogP contribution in [0, 0.1) is 0 Å². The Morgan fingerprint density at radius 1 is 1.24 bits per heavy atom. The summed E-state index contributed by atoms with van der Waals surface area (Å²) in [5.41, 5.74) is 3.79. The lowest BCUT2D eigenvalue weighted by molar-refractivity contribution is 0.0524. The molecule has 0 radical (unpaired) electrons. The molecule has 0 saturated heterocycles. The molecule has 0 atom stereocenters. The molecule has 2 heterocycles. The third-order valence-corrected chi connectivity index (χ3v) is 5.38. The Hall–Kier alpha value is -3.15. The molecule has 6 heteroatoms. The van der Waals surface area contributed by atoms with E-state index in [0.29, 0.717) is 17.6 Å². The van der Waals surface area contributed by atoms with Gasteiger partial charge >= 0.3 is 5.97 Å². The molecule has 4 rings (SSSR count). The van der Waals surface area contributed by atoms with Gasteiger partial charge in [-0.15, -0.1) is 0 Å². The number of hydrogen-bond acceptors (Lipinski definition) is 5. The zero-order chi connectivity index (χ0) is 20.4. The smallest absolute Gasteiger partial charge is 0.343 e. The van der Waals surface area contributed by atoms with E-state index in [1.165, 1.54) is 11.1 Å². The van der Waals surface area contributed by atoms with Crippen LogP contribution >= 0.6 is 0 Å². The lowest BCUT2D eigenvalue weighted by Gasteiger charge is -2.16. The third-order valence-electron chi connectivity index (χ3n) is 5.38. The molecule has 2 aliphatic carbocycles. The first-order valence-electron chi connectivity index (χ1n) is 10.1. The van der Waals surface area contributed by atoms with Crippen LogP contribution in [0.15, 0.2) is 58.7 Å². The molecule has 0 bridgehead atoms. The minimum Gasteiger partial charge on any atom is -0.462 e. The number of fused-ring (bicyclic) bond motifs is 1. The molecule has 150 valence electrons. The number of allylic oxidation sites excluding steroid dienone is 4. The first-order valence-corrected chi connectivity index (χ1v) is 10.1. The molecule has 2 aliphatic rings. The van der Waals surface area contributed by atoms with E-state index in [-0.39, 0.29) is 23.6 Å². The number of ether oxygens (including phenoxy) is 1. The lowest BCUT2D eigenvalue weighted by Crippen LogP contribution is -2.22. The Morgan fingerprint density at radius 2 is 1.97 bits per heavy atom. The second-order valence-electron chi connectivity index (χ2n) is 7.31. The average molecular weight is 391 g/mol. The zero-order valence-corrected chi connectivity index (χ0v) is 16.8. The van der Waals surface area contributed by atoms with Gasteiger partial charge in [0.25, 0.3) is 0 Å². The van der Waals surface area contributed by atoms with Gasteiger partial charge in [0.05, 0.1) is 23.9 Å². The van der Waals surface area contributed by atoms with Crippen LogP contribution in [-0.4, -0.2) is 28.2 Å². The van der Waals surface area contributed by atoms with Gasteiger partial charge in [-0.3, -0.25) is 4.79 Å². The van der Waals surface area contributed by atoms with Gasteiger partial charge < -0.3 is 14.6 Å². The topological polar surface area (TPSA) is 73.2 Å². The number of pyridine rings is 2. The molecule has 0 fully saturated rings. The molecule has 29 heavy (non-hydrogen) atoms. The number of esters is 1. The van der Waals surface area contributed by atoms with Crippen molar-refractivity contribution in [3.05, 3.63) is 69.7 Å². The van der Waals surface area contributed by atoms with Crippen LogP contribution in [0.25, 0.3) is 11.0 Å². The zero-order valence-electron chi connectivity index (χ0n) is 16.8. The molecule has 0 saturated carbocycles. The number of nitrogens with one attached hydrogen (secondary N) is 1. The van der Waals surface area contributed by atoms with Gasteiger partial charge in [0, 0.05) is 18.8 Å². The number of nitrogens with zero attached hydrogens (tertiary/aromatic N) is 2. The molecule has 0 unspecified atom stereocenters. The van der Waals surface area contributed by atoms with Crippen LogP contribution in [-0.2, 0) is 11.3 Å². The molecular formula is C23H25N3O3. The van der Waals surface area contributed by atoms with Gasteiger partial charge in [-0.25, -0.2) is 9.78 Å². The summed E-state index contributed by atoms with van der Waals surface area (Å²) < 4.78 is 6.86. The largest absolute Gasteiger partial charge is 0.462 e. The van der Waals surface area contributed by atoms with Gasteiger partial charge in [-0.1, -0.05) is 24.3 Å². The summed E-state index contributed by atoms with van der Waals surface area (Å²) in [7, 11) is 0. The van der Waals surface area contributed by atoms with Crippen molar-refractivity contribution in [1.82, 2.24) is 9.55 Å². The lowest BCUT2D eigenvalue weighted by atomic mass is 10.1. The van der Waals surface area contributed by atoms with Crippen molar-refractivity contribution in [2.24, 2.45) is 0 Å². The van der Waals surface area contributed by atoms with Crippen LogP contribution in [0.5, 0.6) is 0 Å². The fourth-order valence-electron chi connectivity index (χ4n) is 4.00. The summed E-state index contributed by atoms with van der Waals surface area (Å²) in [6.07, 6.45) is 14.9.